The van der Waals surface area contributed by atoms with Crippen LogP contribution in [-0.2, 0) is 10.0 Å². The van der Waals surface area contributed by atoms with Gasteiger partial charge in [0.25, 0.3) is 10.0 Å². The second kappa shape index (κ2) is 10.8. The molecule has 0 aliphatic carbocycles. The molecule has 0 aliphatic rings. The van der Waals surface area contributed by atoms with Gasteiger partial charge in [0, 0.05) is 22.7 Å². The van der Waals surface area contributed by atoms with Gasteiger partial charge in [-0.05, 0) is 51.0 Å². The van der Waals surface area contributed by atoms with E-state index in [4.69, 9.17) is 11.6 Å². The summed E-state index contributed by atoms with van der Waals surface area (Å²) in [5, 5.41) is 0.492. The molecule has 158 valence electrons. The molecule has 0 radical (unpaired) electrons. The summed E-state index contributed by atoms with van der Waals surface area (Å²) in [6.07, 6.45) is 3.95. The Morgan fingerprint density at radius 1 is 0.931 bits per heavy atom. The summed E-state index contributed by atoms with van der Waals surface area (Å²) in [5.74, 6) is 0.502. The largest absolute Gasteiger partial charge is 0.350 e. The number of benzene rings is 2. The van der Waals surface area contributed by atoms with Gasteiger partial charge in [0.2, 0.25) is 0 Å². The maximum Gasteiger partial charge on any atom is 0.284 e. The van der Waals surface area contributed by atoms with E-state index in [2.05, 4.69) is 37.0 Å². The van der Waals surface area contributed by atoms with Crippen molar-refractivity contribution in [1.29, 1.82) is 0 Å². The highest BCUT2D eigenvalue weighted by Crippen LogP contribution is 2.23. The fourth-order valence-corrected chi connectivity index (χ4v) is 4.71. The molecule has 0 bridgehead atoms. The minimum absolute atomic E-state index is 0.140. The van der Waals surface area contributed by atoms with Crippen LogP contribution in [0.3, 0.4) is 0 Å². The molecule has 0 saturated carbocycles. The Kier molecular flexibility index (Phi) is 8.72. The first-order valence-corrected chi connectivity index (χ1v) is 12.1. The molecule has 0 saturated heterocycles. The van der Waals surface area contributed by atoms with Crippen LogP contribution in [0.15, 0.2) is 63.9 Å². The van der Waals surface area contributed by atoms with Gasteiger partial charge in [-0.3, -0.25) is 0 Å². The summed E-state index contributed by atoms with van der Waals surface area (Å²) < 4.78 is 30.6. The van der Waals surface area contributed by atoms with Crippen LogP contribution in [0, 0.1) is 0 Å². The van der Waals surface area contributed by atoms with Gasteiger partial charge >= 0.3 is 0 Å². The lowest BCUT2D eigenvalue weighted by Gasteiger charge is -2.37. The first kappa shape index (κ1) is 23.4. The molecule has 4 nitrogen and oxygen atoms in total. The second-order valence-corrected chi connectivity index (χ2v) is 9.43. The van der Waals surface area contributed by atoms with Gasteiger partial charge in [-0.2, -0.15) is 8.42 Å². The van der Waals surface area contributed by atoms with Crippen LogP contribution in [-0.4, -0.2) is 31.2 Å². The van der Waals surface area contributed by atoms with E-state index in [0.29, 0.717) is 10.9 Å². The second-order valence-electron chi connectivity index (χ2n) is 7.39. The van der Waals surface area contributed by atoms with Crippen LogP contribution in [0.4, 0.5) is 0 Å². The predicted octanol–water partition coefficient (Wildman–Crippen LogP) is 6.15. The Morgan fingerprint density at radius 2 is 1.45 bits per heavy atom. The van der Waals surface area contributed by atoms with Crippen LogP contribution >= 0.6 is 11.6 Å². The Bertz CT molecular complexity index is 884. The molecule has 0 fully saturated rings. The maximum absolute atomic E-state index is 13.1. The van der Waals surface area contributed by atoms with E-state index in [1.165, 1.54) is 12.1 Å². The van der Waals surface area contributed by atoms with Crippen molar-refractivity contribution in [2.45, 2.75) is 70.4 Å². The molecular formula is C23H31ClN2O2S. The van der Waals surface area contributed by atoms with Crippen molar-refractivity contribution in [3.63, 3.8) is 0 Å². The molecule has 0 amide bonds. The number of sulfonamides is 1. The fraction of sp³-hybridized carbons (Fsp3) is 0.435. The highest BCUT2D eigenvalue weighted by molar-refractivity contribution is 7.90. The highest BCUT2D eigenvalue weighted by atomic mass is 35.5. The summed E-state index contributed by atoms with van der Waals surface area (Å²) >= 11 is 5.93. The molecular weight excluding hydrogens is 404 g/mol. The Hall–Kier alpha value is -1.85. The van der Waals surface area contributed by atoms with Crippen molar-refractivity contribution in [1.82, 2.24) is 4.90 Å². The molecule has 0 aliphatic heterocycles. The van der Waals surface area contributed by atoms with Crippen molar-refractivity contribution >= 4 is 27.5 Å². The summed E-state index contributed by atoms with van der Waals surface area (Å²) in [6, 6.07) is 16.1. The van der Waals surface area contributed by atoms with Crippen molar-refractivity contribution in [3.05, 3.63) is 65.2 Å². The van der Waals surface area contributed by atoms with Crippen molar-refractivity contribution in [2.75, 3.05) is 0 Å². The minimum atomic E-state index is -3.88. The van der Waals surface area contributed by atoms with Crippen molar-refractivity contribution in [3.8, 4) is 0 Å². The third-order valence-corrected chi connectivity index (χ3v) is 6.49. The molecule has 2 aromatic rings. The van der Waals surface area contributed by atoms with Gasteiger partial charge < -0.3 is 4.90 Å². The van der Waals surface area contributed by atoms with Gasteiger partial charge in [0.15, 0.2) is 0 Å². The number of hydrogen-bond acceptors (Lipinski definition) is 2. The summed E-state index contributed by atoms with van der Waals surface area (Å²) in [5.41, 5.74) is 0.802. The number of hydrogen-bond donors (Lipinski definition) is 0. The Morgan fingerprint density at radius 3 is 1.93 bits per heavy atom. The van der Waals surface area contributed by atoms with Crippen molar-refractivity contribution < 1.29 is 8.42 Å². The van der Waals surface area contributed by atoms with Gasteiger partial charge in [0.1, 0.15) is 5.84 Å². The number of nitrogens with zero attached hydrogens (tertiary/aromatic N) is 2. The maximum atomic E-state index is 13.1. The highest BCUT2D eigenvalue weighted by Gasteiger charge is 2.27. The predicted molar refractivity (Wildman–Crippen MR) is 122 cm³/mol. The molecule has 0 heterocycles. The van der Waals surface area contributed by atoms with Crippen LogP contribution in [0.2, 0.25) is 5.02 Å². The average Bonchev–Trinajstić information content (AvgIpc) is 2.69. The Labute approximate surface area is 180 Å². The third-order valence-electron chi connectivity index (χ3n) is 4.96. The monoisotopic (exact) mass is 434 g/mol. The number of halogens is 1. The van der Waals surface area contributed by atoms with E-state index in [1.54, 1.807) is 12.1 Å². The molecule has 0 spiro atoms. The fourth-order valence-electron chi connectivity index (χ4n) is 3.57. The van der Waals surface area contributed by atoms with E-state index in [1.807, 2.05) is 30.3 Å². The van der Waals surface area contributed by atoms with Gasteiger partial charge in [-0.1, -0.05) is 68.6 Å². The van der Waals surface area contributed by atoms with Crippen LogP contribution in [0.5, 0.6) is 0 Å². The zero-order valence-corrected chi connectivity index (χ0v) is 19.2. The molecule has 6 heteroatoms. The van der Waals surface area contributed by atoms with Crippen LogP contribution in [0.1, 0.15) is 58.9 Å². The van der Waals surface area contributed by atoms with Gasteiger partial charge in [0.05, 0.1) is 4.90 Å². The normalized spacial score (nSPS) is 14.4. The minimum Gasteiger partial charge on any atom is -0.350 e. The van der Waals surface area contributed by atoms with Crippen molar-refractivity contribution in [2.24, 2.45) is 4.40 Å². The standard InChI is InChI=1S/C23H31ClN2O2S/c1-5-10-18(3)26(19(4)11-6-2)23(20-12-8-7-9-13-20)25-29(27,28)22-16-14-21(24)15-17-22/h7-9,12-19H,5-6,10-11H2,1-4H3/b25-23-. The van der Waals surface area contributed by atoms with Gasteiger partial charge in [-0.25, -0.2) is 0 Å². The van der Waals surface area contributed by atoms with Gasteiger partial charge in [-0.15, -0.1) is 4.40 Å². The molecule has 2 rings (SSSR count). The zero-order chi connectivity index (χ0) is 21.4. The van der Waals surface area contributed by atoms with Crippen LogP contribution < -0.4 is 0 Å². The molecule has 2 unspecified atom stereocenters. The van der Waals surface area contributed by atoms with E-state index in [9.17, 15) is 8.42 Å². The smallest absolute Gasteiger partial charge is 0.284 e. The lowest BCUT2D eigenvalue weighted by molar-refractivity contribution is 0.239. The van der Waals surface area contributed by atoms with E-state index in [0.717, 1.165) is 31.2 Å². The van der Waals surface area contributed by atoms with E-state index < -0.39 is 10.0 Å². The molecule has 0 aromatic heterocycles. The molecule has 0 N–H and O–H groups in total. The van der Waals surface area contributed by atoms with E-state index in [-0.39, 0.29) is 17.0 Å². The molecule has 2 atom stereocenters. The quantitative estimate of drug-likeness (QED) is 0.351. The molecule has 29 heavy (non-hydrogen) atoms. The van der Waals surface area contributed by atoms with E-state index >= 15 is 0 Å². The third kappa shape index (κ3) is 6.31. The summed E-state index contributed by atoms with van der Waals surface area (Å²) in [6.45, 7) is 8.57. The number of amidine groups is 1. The lowest BCUT2D eigenvalue weighted by atomic mass is 10.0. The number of rotatable bonds is 9. The first-order valence-electron chi connectivity index (χ1n) is 10.2. The van der Waals surface area contributed by atoms with Crippen LogP contribution in [0.25, 0.3) is 0 Å². The lowest BCUT2D eigenvalue weighted by Crippen LogP contribution is -2.45. The average molecular weight is 435 g/mol. The Balaban J connectivity index is 2.63. The summed E-state index contributed by atoms with van der Waals surface area (Å²) in [7, 11) is -3.88. The molecule has 2 aromatic carbocycles. The topological polar surface area (TPSA) is 49.7 Å². The SMILES string of the molecule is CCCC(C)N(/C(=N\S(=O)(=O)c1ccc(Cl)cc1)c1ccccc1)C(C)CCC. The summed E-state index contributed by atoms with van der Waals surface area (Å²) in [4.78, 5) is 2.32. The zero-order valence-electron chi connectivity index (χ0n) is 17.7. The first-order chi connectivity index (χ1) is 13.8.